The van der Waals surface area contributed by atoms with Gasteiger partial charge in [-0.1, -0.05) is 29.8 Å². The van der Waals surface area contributed by atoms with Gasteiger partial charge in [0, 0.05) is 28.8 Å². The second kappa shape index (κ2) is 8.09. The normalized spacial score (nSPS) is 11.8. The van der Waals surface area contributed by atoms with Crippen molar-refractivity contribution in [3.05, 3.63) is 72.3 Å². The van der Waals surface area contributed by atoms with Crippen molar-refractivity contribution in [3.63, 3.8) is 0 Å². The molecule has 0 aliphatic heterocycles. The Morgan fingerprint density at radius 3 is 2.42 bits per heavy atom. The summed E-state index contributed by atoms with van der Waals surface area (Å²) >= 11 is 6.00. The van der Waals surface area contributed by atoms with Crippen molar-refractivity contribution in [1.29, 1.82) is 0 Å². The molecule has 0 aliphatic carbocycles. The van der Waals surface area contributed by atoms with Gasteiger partial charge in [0.25, 0.3) is 5.69 Å². The van der Waals surface area contributed by atoms with E-state index in [0.29, 0.717) is 10.6 Å². The Bertz CT molecular complexity index is 858. The van der Waals surface area contributed by atoms with Gasteiger partial charge in [0.05, 0.1) is 22.6 Å². The lowest BCUT2D eigenvalue weighted by Crippen LogP contribution is -2.15. The van der Waals surface area contributed by atoms with E-state index in [1.807, 2.05) is 0 Å². The molecule has 0 saturated carbocycles. The fourth-order valence-corrected chi connectivity index (χ4v) is 2.83. The molecular formula is C16H16ClN3O6. The van der Waals surface area contributed by atoms with Gasteiger partial charge in [-0.2, -0.15) is 0 Å². The van der Waals surface area contributed by atoms with E-state index < -0.39 is 33.9 Å². The first kappa shape index (κ1) is 19.6. The third-order valence-corrected chi connectivity index (χ3v) is 4.27. The molecule has 2 rings (SSSR count). The zero-order valence-corrected chi connectivity index (χ0v) is 14.4. The first-order chi connectivity index (χ1) is 12.3. The highest BCUT2D eigenvalue weighted by molar-refractivity contribution is 6.31. The van der Waals surface area contributed by atoms with E-state index in [0.717, 1.165) is 6.07 Å². The van der Waals surface area contributed by atoms with E-state index in [1.54, 1.807) is 24.3 Å². The molecule has 0 spiro atoms. The molecule has 0 saturated heterocycles. The molecule has 10 heteroatoms. The Morgan fingerprint density at radius 2 is 1.88 bits per heavy atom. The molecule has 9 nitrogen and oxygen atoms in total. The zero-order valence-electron chi connectivity index (χ0n) is 13.7. The molecule has 0 amide bonds. The molecule has 0 aromatic heterocycles. The number of anilines is 1. The number of nitrogens with zero attached hydrogens (tertiary/aromatic N) is 2. The molecule has 0 bridgehead atoms. The summed E-state index contributed by atoms with van der Waals surface area (Å²) in [6.45, 7) is 0.586. The largest absolute Gasteiger partial charge is 0.392 e. The summed E-state index contributed by atoms with van der Waals surface area (Å²) in [4.78, 5) is 21.2. The van der Waals surface area contributed by atoms with E-state index in [2.05, 4.69) is 5.32 Å². The fraction of sp³-hybridized carbons (Fsp3) is 0.250. The molecule has 0 fully saturated rings. The van der Waals surface area contributed by atoms with Crippen LogP contribution >= 0.6 is 11.6 Å². The van der Waals surface area contributed by atoms with E-state index >= 15 is 0 Å². The quantitative estimate of drug-likeness (QED) is 0.494. The van der Waals surface area contributed by atoms with Crippen LogP contribution < -0.4 is 5.32 Å². The molecule has 3 N–H and O–H groups in total. The molecule has 0 heterocycles. The van der Waals surface area contributed by atoms with Gasteiger partial charge in [0.1, 0.15) is 0 Å². The van der Waals surface area contributed by atoms with Crippen LogP contribution in [0.1, 0.15) is 22.8 Å². The molecule has 26 heavy (non-hydrogen) atoms. The lowest BCUT2D eigenvalue weighted by Gasteiger charge is -2.16. The fourth-order valence-electron chi connectivity index (χ4n) is 2.57. The van der Waals surface area contributed by atoms with Crippen molar-refractivity contribution >= 4 is 28.7 Å². The number of hydrogen-bond acceptors (Lipinski definition) is 7. The Hall–Kier alpha value is -2.75. The van der Waals surface area contributed by atoms with Crippen LogP contribution in [0.15, 0.2) is 30.3 Å². The first-order valence-electron chi connectivity index (χ1n) is 7.50. The van der Waals surface area contributed by atoms with Crippen LogP contribution in [0.4, 0.5) is 17.1 Å². The number of halogens is 1. The van der Waals surface area contributed by atoms with Crippen molar-refractivity contribution < 1.29 is 20.1 Å². The van der Waals surface area contributed by atoms with Gasteiger partial charge >= 0.3 is 5.69 Å². The monoisotopic (exact) mass is 381 g/mol. The second-order valence-corrected chi connectivity index (χ2v) is 5.90. The predicted molar refractivity (Wildman–Crippen MR) is 95.3 cm³/mol. The lowest BCUT2D eigenvalue weighted by molar-refractivity contribution is -0.392. The highest BCUT2D eigenvalue weighted by Gasteiger charge is 2.30. The molecule has 0 aliphatic rings. The maximum atomic E-state index is 11.4. The molecule has 1 atom stereocenters. The van der Waals surface area contributed by atoms with E-state index in [-0.39, 0.29) is 23.4 Å². The number of aliphatic hydroxyl groups is 2. The second-order valence-electron chi connectivity index (χ2n) is 5.49. The van der Waals surface area contributed by atoms with Gasteiger partial charge in [-0.25, -0.2) is 0 Å². The number of benzene rings is 2. The Labute approximate surface area is 153 Å². The molecule has 2 aromatic carbocycles. The highest BCUT2D eigenvalue weighted by atomic mass is 35.5. The number of nitro groups is 2. The maximum Gasteiger partial charge on any atom is 0.302 e. The first-order valence-corrected chi connectivity index (χ1v) is 7.88. The third-order valence-electron chi connectivity index (χ3n) is 3.93. The summed E-state index contributed by atoms with van der Waals surface area (Å²) in [5, 5.41) is 45.2. The van der Waals surface area contributed by atoms with Gasteiger partial charge in [-0.05, 0) is 18.6 Å². The summed E-state index contributed by atoms with van der Waals surface area (Å²) in [5.41, 5.74) is -0.831. The molecular weight excluding hydrogens is 366 g/mol. The van der Waals surface area contributed by atoms with Crippen LogP contribution in [0.5, 0.6) is 0 Å². The number of hydrogen-bond donors (Lipinski definition) is 3. The van der Waals surface area contributed by atoms with Crippen LogP contribution in [-0.2, 0) is 6.61 Å². The van der Waals surface area contributed by atoms with Gasteiger partial charge in [-0.3, -0.25) is 20.2 Å². The van der Waals surface area contributed by atoms with Crippen molar-refractivity contribution in [3.8, 4) is 0 Å². The van der Waals surface area contributed by atoms with Gasteiger partial charge < -0.3 is 15.5 Å². The summed E-state index contributed by atoms with van der Waals surface area (Å²) < 4.78 is 0. The number of rotatable bonds is 7. The summed E-state index contributed by atoms with van der Waals surface area (Å²) in [7, 11) is 0. The molecule has 138 valence electrons. The summed E-state index contributed by atoms with van der Waals surface area (Å²) in [6.07, 6.45) is -1.14. The van der Waals surface area contributed by atoms with Crippen molar-refractivity contribution in [2.45, 2.75) is 19.6 Å². The van der Waals surface area contributed by atoms with E-state index in [9.17, 15) is 30.4 Å². The Balaban J connectivity index is 2.44. The average molecular weight is 382 g/mol. The van der Waals surface area contributed by atoms with Gasteiger partial charge in [0.15, 0.2) is 5.69 Å². The van der Waals surface area contributed by atoms with Crippen LogP contribution in [0, 0.1) is 27.2 Å². The minimum atomic E-state index is -1.14. The predicted octanol–water partition coefficient (Wildman–Crippen LogP) is 3.10. The Morgan fingerprint density at radius 1 is 1.23 bits per heavy atom. The standard InChI is InChI=1S/C16H16ClN3O6/c1-9-10(8-21)6-13(19(23)24)15(16(9)20(25)26)18-7-14(22)11-4-2-3-5-12(11)17/h2-6,14,18,21-22H,7-8H2,1H3. The topological polar surface area (TPSA) is 139 Å². The molecule has 1 unspecified atom stereocenters. The van der Waals surface area contributed by atoms with Crippen molar-refractivity contribution in [2.24, 2.45) is 0 Å². The number of aliphatic hydroxyl groups excluding tert-OH is 2. The minimum Gasteiger partial charge on any atom is -0.392 e. The summed E-state index contributed by atoms with van der Waals surface area (Å²) in [5.74, 6) is 0. The smallest absolute Gasteiger partial charge is 0.302 e. The highest BCUT2D eigenvalue weighted by Crippen LogP contribution is 2.39. The van der Waals surface area contributed by atoms with Crippen LogP contribution in [0.3, 0.4) is 0 Å². The van der Waals surface area contributed by atoms with Crippen LogP contribution in [-0.4, -0.2) is 26.6 Å². The van der Waals surface area contributed by atoms with Gasteiger partial charge in [-0.15, -0.1) is 0 Å². The number of nitro benzene ring substituents is 2. The third kappa shape index (κ3) is 3.90. The van der Waals surface area contributed by atoms with E-state index in [4.69, 9.17) is 11.6 Å². The zero-order chi connectivity index (χ0) is 19.4. The van der Waals surface area contributed by atoms with Crippen LogP contribution in [0.25, 0.3) is 0 Å². The van der Waals surface area contributed by atoms with Crippen molar-refractivity contribution in [2.75, 3.05) is 11.9 Å². The SMILES string of the molecule is Cc1c(CO)cc([N+](=O)[O-])c(NCC(O)c2ccccc2Cl)c1[N+](=O)[O-]. The number of nitrogens with one attached hydrogen (secondary N) is 1. The van der Waals surface area contributed by atoms with Crippen LogP contribution in [0.2, 0.25) is 5.02 Å². The summed E-state index contributed by atoms with van der Waals surface area (Å²) in [6, 6.07) is 7.57. The minimum absolute atomic E-state index is 0.0839. The van der Waals surface area contributed by atoms with Crippen molar-refractivity contribution in [1.82, 2.24) is 0 Å². The average Bonchev–Trinajstić information content (AvgIpc) is 2.59. The Kier molecular flexibility index (Phi) is 6.09. The van der Waals surface area contributed by atoms with Gasteiger partial charge in [0.2, 0.25) is 0 Å². The van der Waals surface area contributed by atoms with E-state index in [1.165, 1.54) is 6.92 Å². The molecule has 2 aromatic rings. The molecule has 0 radical (unpaired) electrons. The maximum absolute atomic E-state index is 11.4. The lowest BCUT2D eigenvalue weighted by atomic mass is 10.0.